The molecule has 1 N–H and O–H groups in total. The number of nitrogens with zero attached hydrogens (tertiary/aromatic N) is 1. The van der Waals surface area contributed by atoms with Crippen LogP contribution in [-0.2, 0) is 11.2 Å². The number of hydrogen-bond acceptors (Lipinski definition) is 3. The summed E-state index contributed by atoms with van der Waals surface area (Å²) in [6.07, 6.45) is 13.9. The standard InChI is InChI=1S/C27H37NO2S/c1-20-7-6-9-21(15-20)8-2-3-10-24-25-17-22(16-23(25)18-26(24)29)19-31-14-11-27(30)28-12-4-5-13-28/h3,6-7,9-10,15-16,23-26,29H,2,4-5,8,11-14,17-19H2,1H3/b10-3+/t23-,24+,25-,26+/m0/s1. The van der Waals surface area contributed by atoms with Gasteiger partial charge in [-0.05, 0) is 62.8 Å². The van der Waals surface area contributed by atoms with E-state index in [1.165, 1.54) is 29.5 Å². The molecular weight excluding hydrogens is 402 g/mol. The number of thioether (sulfide) groups is 1. The molecule has 1 aromatic rings. The molecule has 0 spiro atoms. The van der Waals surface area contributed by atoms with E-state index in [0.717, 1.165) is 50.3 Å². The van der Waals surface area contributed by atoms with Crippen molar-refractivity contribution < 1.29 is 9.90 Å². The van der Waals surface area contributed by atoms with Crippen molar-refractivity contribution in [3.05, 3.63) is 59.2 Å². The monoisotopic (exact) mass is 439 g/mol. The zero-order valence-corrected chi connectivity index (χ0v) is 19.7. The Labute approximate surface area is 192 Å². The summed E-state index contributed by atoms with van der Waals surface area (Å²) < 4.78 is 0. The van der Waals surface area contributed by atoms with E-state index in [1.54, 1.807) is 0 Å². The van der Waals surface area contributed by atoms with Crippen LogP contribution in [0.4, 0.5) is 0 Å². The second-order valence-corrected chi connectivity index (χ2v) is 10.7. The summed E-state index contributed by atoms with van der Waals surface area (Å²) in [5.41, 5.74) is 4.23. The van der Waals surface area contributed by atoms with Gasteiger partial charge in [0.2, 0.25) is 5.91 Å². The first-order chi connectivity index (χ1) is 15.1. The number of carbonyl (C=O) groups is 1. The van der Waals surface area contributed by atoms with E-state index in [9.17, 15) is 9.90 Å². The highest BCUT2D eigenvalue weighted by molar-refractivity contribution is 7.99. The largest absolute Gasteiger partial charge is 0.392 e. The second-order valence-electron chi connectivity index (χ2n) is 9.58. The van der Waals surface area contributed by atoms with Crippen LogP contribution in [0.25, 0.3) is 0 Å². The van der Waals surface area contributed by atoms with Gasteiger partial charge in [-0.3, -0.25) is 4.79 Å². The van der Waals surface area contributed by atoms with Crippen LogP contribution < -0.4 is 0 Å². The molecule has 2 fully saturated rings. The van der Waals surface area contributed by atoms with E-state index >= 15 is 0 Å². The van der Waals surface area contributed by atoms with Gasteiger partial charge in [-0.15, -0.1) is 0 Å². The minimum absolute atomic E-state index is 0.200. The van der Waals surface area contributed by atoms with Crippen LogP contribution in [-0.4, -0.2) is 46.6 Å². The molecule has 1 aromatic carbocycles. The number of amides is 1. The lowest BCUT2D eigenvalue weighted by Crippen LogP contribution is -2.27. The molecule has 2 aliphatic carbocycles. The molecule has 168 valence electrons. The van der Waals surface area contributed by atoms with Gasteiger partial charge < -0.3 is 10.0 Å². The molecule has 31 heavy (non-hydrogen) atoms. The summed E-state index contributed by atoms with van der Waals surface area (Å²) in [4.78, 5) is 14.2. The van der Waals surface area contributed by atoms with Crippen LogP contribution in [0.3, 0.4) is 0 Å². The number of allylic oxidation sites excluding steroid dienone is 2. The van der Waals surface area contributed by atoms with Crippen molar-refractivity contribution in [3.63, 3.8) is 0 Å². The summed E-state index contributed by atoms with van der Waals surface area (Å²) in [7, 11) is 0. The van der Waals surface area contributed by atoms with Crippen LogP contribution in [0, 0.1) is 24.7 Å². The van der Waals surface area contributed by atoms with Gasteiger partial charge in [0.05, 0.1) is 6.10 Å². The number of aliphatic hydroxyl groups excluding tert-OH is 1. The molecule has 0 aromatic heterocycles. The average Bonchev–Trinajstić information content (AvgIpc) is 3.46. The first-order valence-corrected chi connectivity index (χ1v) is 13.2. The lowest BCUT2D eigenvalue weighted by Gasteiger charge is -2.18. The van der Waals surface area contributed by atoms with Gasteiger partial charge in [0.25, 0.3) is 0 Å². The molecule has 0 radical (unpaired) electrons. The van der Waals surface area contributed by atoms with Crippen molar-refractivity contribution in [2.75, 3.05) is 24.6 Å². The first-order valence-electron chi connectivity index (χ1n) is 12.1. The smallest absolute Gasteiger partial charge is 0.223 e. The van der Waals surface area contributed by atoms with Crippen LogP contribution in [0.15, 0.2) is 48.1 Å². The van der Waals surface area contributed by atoms with Crippen LogP contribution >= 0.6 is 11.8 Å². The quantitative estimate of drug-likeness (QED) is 0.426. The molecule has 4 rings (SSSR count). The minimum Gasteiger partial charge on any atom is -0.392 e. The molecule has 1 aliphatic heterocycles. The lowest BCUT2D eigenvalue weighted by atomic mass is 9.89. The maximum atomic E-state index is 12.2. The number of benzene rings is 1. The number of rotatable bonds is 9. The number of aryl methyl sites for hydroxylation is 2. The Balaban J connectivity index is 1.18. The maximum Gasteiger partial charge on any atom is 0.223 e. The minimum atomic E-state index is -0.200. The normalized spacial score (nSPS) is 27.8. The second kappa shape index (κ2) is 10.9. The van der Waals surface area contributed by atoms with Gasteiger partial charge in [0.1, 0.15) is 0 Å². The van der Waals surface area contributed by atoms with Gasteiger partial charge in [0, 0.05) is 36.9 Å². The third-order valence-electron chi connectivity index (χ3n) is 7.20. The summed E-state index contributed by atoms with van der Waals surface area (Å²) >= 11 is 1.90. The Morgan fingerprint density at radius 1 is 1.29 bits per heavy atom. The molecular formula is C27H37NO2S. The third-order valence-corrected chi connectivity index (χ3v) is 8.26. The van der Waals surface area contributed by atoms with Gasteiger partial charge in [-0.25, -0.2) is 0 Å². The Hall–Kier alpha value is -1.52. The molecule has 0 bridgehead atoms. The zero-order chi connectivity index (χ0) is 21.6. The van der Waals surface area contributed by atoms with Gasteiger partial charge in [-0.1, -0.05) is 53.6 Å². The van der Waals surface area contributed by atoms with Gasteiger partial charge in [0.15, 0.2) is 0 Å². The fourth-order valence-corrected chi connectivity index (χ4v) is 6.51. The predicted molar refractivity (Wildman–Crippen MR) is 130 cm³/mol. The van der Waals surface area contributed by atoms with E-state index in [1.807, 2.05) is 16.7 Å². The van der Waals surface area contributed by atoms with Crippen molar-refractivity contribution in [1.29, 1.82) is 0 Å². The Morgan fingerprint density at radius 3 is 2.94 bits per heavy atom. The van der Waals surface area contributed by atoms with Crippen molar-refractivity contribution in [1.82, 2.24) is 4.90 Å². The highest BCUT2D eigenvalue weighted by atomic mass is 32.2. The Morgan fingerprint density at radius 2 is 2.13 bits per heavy atom. The maximum absolute atomic E-state index is 12.2. The van der Waals surface area contributed by atoms with E-state index < -0.39 is 0 Å². The highest BCUT2D eigenvalue weighted by Gasteiger charge is 2.43. The molecule has 1 heterocycles. The molecule has 1 saturated carbocycles. The molecule has 3 nitrogen and oxygen atoms in total. The summed E-state index contributed by atoms with van der Waals surface area (Å²) in [5.74, 6) is 3.68. The van der Waals surface area contributed by atoms with Crippen molar-refractivity contribution in [3.8, 4) is 0 Å². The molecule has 4 heteroatoms. The Kier molecular flexibility index (Phi) is 7.95. The number of carbonyl (C=O) groups excluding carboxylic acids is 1. The number of aliphatic hydroxyl groups is 1. The highest BCUT2D eigenvalue weighted by Crippen LogP contribution is 2.47. The van der Waals surface area contributed by atoms with Gasteiger partial charge >= 0.3 is 0 Å². The molecule has 1 amide bonds. The Bertz CT molecular complexity index is 811. The summed E-state index contributed by atoms with van der Waals surface area (Å²) in [5, 5.41) is 10.6. The fraction of sp³-hybridized carbons (Fsp3) is 0.593. The lowest BCUT2D eigenvalue weighted by molar-refractivity contribution is -0.129. The van der Waals surface area contributed by atoms with E-state index in [4.69, 9.17) is 0 Å². The van der Waals surface area contributed by atoms with Crippen LogP contribution in [0.1, 0.15) is 49.7 Å². The average molecular weight is 440 g/mol. The molecule has 1 saturated heterocycles. The molecule has 4 atom stereocenters. The number of fused-ring (bicyclic) bond motifs is 1. The van der Waals surface area contributed by atoms with E-state index in [2.05, 4.69) is 49.4 Å². The third kappa shape index (κ3) is 6.04. The fourth-order valence-electron chi connectivity index (χ4n) is 5.57. The topological polar surface area (TPSA) is 40.5 Å². The van der Waals surface area contributed by atoms with Crippen molar-refractivity contribution in [2.45, 2.75) is 58.0 Å². The van der Waals surface area contributed by atoms with E-state index in [-0.39, 0.29) is 12.0 Å². The van der Waals surface area contributed by atoms with Crippen LogP contribution in [0.5, 0.6) is 0 Å². The van der Waals surface area contributed by atoms with Gasteiger partial charge in [-0.2, -0.15) is 11.8 Å². The number of hydrogen-bond donors (Lipinski definition) is 1. The number of likely N-dealkylation sites (tertiary alicyclic amines) is 1. The predicted octanol–water partition coefficient (Wildman–Crippen LogP) is 5.17. The molecule has 3 aliphatic rings. The van der Waals surface area contributed by atoms with Crippen LogP contribution in [0.2, 0.25) is 0 Å². The van der Waals surface area contributed by atoms with E-state index in [0.29, 0.717) is 24.2 Å². The first kappa shape index (κ1) is 22.7. The molecule has 0 unspecified atom stereocenters. The zero-order valence-electron chi connectivity index (χ0n) is 18.8. The van der Waals surface area contributed by atoms with Crippen molar-refractivity contribution in [2.24, 2.45) is 17.8 Å². The summed E-state index contributed by atoms with van der Waals surface area (Å²) in [6, 6.07) is 8.73. The van der Waals surface area contributed by atoms with Crippen molar-refractivity contribution >= 4 is 17.7 Å². The summed E-state index contributed by atoms with van der Waals surface area (Å²) in [6.45, 7) is 4.06. The SMILES string of the molecule is Cc1cccc(CC/C=C/[C@@H]2[C@H]3CC(CSCCC(=O)N4CCCC4)=C[C@H]3C[C@H]2O)c1.